The summed E-state index contributed by atoms with van der Waals surface area (Å²) in [7, 11) is 0. The fraction of sp³-hybridized carbons (Fsp3) is 0.647. The summed E-state index contributed by atoms with van der Waals surface area (Å²) < 4.78 is 14.1. The molecule has 0 spiro atoms. The van der Waals surface area contributed by atoms with Crippen LogP contribution in [0.3, 0.4) is 0 Å². The predicted octanol–water partition coefficient (Wildman–Crippen LogP) is 3.60. The number of benzene rings is 1. The minimum atomic E-state index is -0.0974. The van der Waals surface area contributed by atoms with Crippen LogP contribution in [0.2, 0.25) is 0 Å². The van der Waals surface area contributed by atoms with Gasteiger partial charge in [-0.25, -0.2) is 4.39 Å². The second kappa shape index (κ2) is 7.19. The molecule has 2 rings (SSSR count). The summed E-state index contributed by atoms with van der Waals surface area (Å²) in [5, 5.41) is 3.46. The van der Waals surface area contributed by atoms with Gasteiger partial charge in [-0.1, -0.05) is 39.0 Å². The number of hydrogen-bond acceptors (Lipinski definition) is 2. The van der Waals surface area contributed by atoms with E-state index in [2.05, 4.69) is 31.0 Å². The maximum Gasteiger partial charge on any atom is 0.127 e. The van der Waals surface area contributed by atoms with E-state index in [9.17, 15) is 4.39 Å². The Morgan fingerprint density at radius 2 is 2.00 bits per heavy atom. The fourth-order valence-electron chi connectivity index (χ4n) is 3.02. The van der Waals surface area contributed by atoms with Crippen molar-refractivity contribution in [1.29, 1.82) is 0 Å². The van der Waals surface area contributed by atoms with E-state index in [1.165, 1.54) is 12.8 Å². The fourth-order valence-corrected chi connectivity index (χ4v) is 3.02. The van der Waals surface area contributed by atoms with Gasteiger partial charge in [0.25, 0.3) is 0 Å². The molecule has 0 bridgehead atoms. The van der Waals surface area contributed by atoms with Crippen molar-refractivity contribution in [2.45, 2.75) is 45.7 Å². The summed E-state index contributed by atoms with van der Waals surface area (Å²) in [6.07, 6.45) is 2.65. The zero-order chi connectivity index (χ0) is 14.5. The van der Waals surface area contributed by atoms with Crippen LogP contribution >= 0.6 is 0 Å². The maximum absolute atomic E-state index is 14.1. The second-order valence-electron chi connectivity index (χ2n) is 5.85. The predicted molar refractivity (Wildman–Crippen MR) is 82.3 cm³/mol. The summed E-state index contributed by atoms with van der Waals surface area (Å²) in [6.45, 7) is 9.51. The lowest BCUT2D eigenvalue weighted by Crippen LogP contribution is -2.37. The highest BCUT2D eigenvalue weighted by atomic mass is 19.1. The number of nitrogens with zero attached hydrogens (tertiary/aromatic N) is 1. The molecule has 20 heavy (non-hydrogen) atoms. The van der Waals surface area contributed by atoms with Crippen LogP contribution in [-0.2, 0) is 0 Å². The molecule has 1 aliphatic rings. The Kier molecular flexibility index (Phi) is 5.55. The summed E-state index contributed by atoms with van der Waals surface area (Å²) in [4.78, 5) is 2.54. The van der Waals surface area contributed by atoms with E-state index >= 15 is 0 Å². The van der Waals surface area contributed by atoms with E-state index in [1.807, 2.05) is 12.1 Å². The largest absolute Gasteiger partial charge is 0.310 e. The van der Waals surface area contributed by atoms with Gasteiger partial charge in [0, 0.05) is 24.2 Å². The van der Waals surface area contributed by atoms with Crippen LogP contribution < -0.4 is 5.32 Å². The molecule has 1 saturated carbocycles. The zero-order valence-corrected chi connectivity index (χ0v) is 12.9. The van der Waals surface area contributed by atoms with E-state index in [4.69, 9.17) is 0 Å². The molecule has 1 aliphatic carbocycles. The minimum absolute atomic E-state index is 0.0917. The molecule has 0 saturated heterocycles. The van der Waals surface area contributed by atoms with Gasteiger partial charge >= 0.3 is 0 Å². The van der Waals surface area contributed by atoms with Crippen molar-refractivity contribution in [2.75, 3.05) is 19.6 Å². The molecule has 2 atom stereocenters. The number of nitrogens with one attached hydrogen (secondary N) is 1. The maximum atomic E-state index is 14.1. The van der Waals surface area contributed by atoms with Crippen LogP contribution in [0.4, 0.5) is 4.39 Å². The van der Waals surface area contributed by atoms with Gasteiger partial charge in [-0.3, -0.25) is 0 Å². The van der Waals surface area contributed by atoms with Gasteiger partial charge in [0.2, 0.25) is 0 Å². The first-order chi connectivity index (χ1) is 9.67. The lowest BCUT2D eigenvalue weighted by Gasteiger charge is -2.30. The summed E-state index contributed by atoms with van der Waals surface area (Å²) in [5.41, 5.74) is 0.800. The van der Waals surface area contributed by atoms with Crippen molar-refractivity contribution in [2.24, 2.45) is 5.92 Å². The van der Waals surface area contributed by atoms with Crippen molar-refractivity contribution in [3.05, 3.63) is 35.6 Å². The van der Waals surface area contributed by atoms with E-state index in [0.717, 1.165) is 31.2 Å². The quantitative estimate of drug-likeness (QED) is 0.781. The van der Waals surface area contributed by atoms with E-state index in [1.54, 1.807) is 12.1 Å². The van der Waals surface area contributed by atoms with Crippen LogP contribution in [-0.4, -0.2) is 30.6 Å². The first kappa shape index (κ1) is 15.5. The van der Waals surface area contributed by atoms with Gasteiger partial charge < -0.3 is 10.2 Å². The smallest absolute Gasteiger partial charge is 0.127 e. The molecular formula is C17H27FN2. The van der Waals surface area contributed by atoms with Crippen LogP contribution in [0.15, 0.2) is 24.3 Å². The third-order valence-corrected chi connectivity index (χ3v) is 4.23. The third kappa shape index (κ3) is 3.80. The number of rotatable bonds is 8. The second-order valence-corrected chi connectivity index (χ2v) is 5.85. The van der Waals surface area contributed by atoms with Gasteiger partial charge in [0.05, 0.1) is 0 Å². The Bertz CT molecular complexity index is 417. The topological polar surface area (TPSA) is 15.3 Å². The molecule has 1 aromatic carbocycles. The van der Waals surface area contributed by atoms with Gasteiger partial charge in [-0.05, 0) is 37.9 Å². The van der Waals surface area contributed by atoms with Crippen molar-refractivity contribution in [3.8, 4) is 0 Å². The molecular weight excluding hydrogens is 251 g/mol. The summed E-state index contributed by atoms with van der Waals surface area (Å²) >= 11 is 0. The lowest BCUT2D eigenvalue weighted by atomic mass is 9.93. The Balaban J connectivity index is 2.08. The van der Waals surface area contributed by atoms with Crippen LogP contribution in [0.5, 0.6) is 0 Å². The van der Waals surface area contributed by atoms with E-state index < -0.39 is 0 Å². The highest BCUT2D eigenvalue weighted by Crippen LogP contribution is 2.30. The number of halogens is 1. The Morgan fingerprint density at radius 1 is 1.30 bits per heavy atom. The average Bonchev–Trinajstić information content (AvgIpc) is 3.27. The SMILES string of the molecule is CCNC(c1ccccc1F)C(C)CN(CC)C1CC1. The van der Waals surface area contributed by atoms with Crippen molar-refractivity contribution < 1.29 is 4.39 Å². The zero-order valence-electron chi connectivity index (χ0n) is 12.9. The average molecular weight is 278 g/mol. The molecule has 1 N–H and O–H groups in total. The standard InChI is InChI=1S/C17H27FN2/c1-4-19-17(15-8-6-7-9-16(15)18)13(3)12-20(5-2)14-10-11-14/h6-9,13-14,17,19H,4-5,10-12H2,1-3H3. The van der Waals surface area contributed by atoms with Crippen molar-refractivity contribution in [3.63, 3.8) is 0 Å². The van der Waals surface area contributed by atoms with Crippen molar-refractivity contribution in [1.82, 2.24) is 10.2 Å². The normalized spacial score (nSPS) is 18.2. The minimum Gasteiger partial charge on any atom is -0.310 e. The molecule has 1 aromatic rings. The monoisotopic (exact) mass is 278 g/mol. The van der Waals surface area contributed by atoms with E-state index in [0.29, 0.717) is 5.92 Å². The first-order valence-electron chi connectivity index (χ1n) is 7.89. The van der Waals surface area contributed by atoms with E-state index in [-0.39, 0.29) is 11.9 Å². The van der Waals surface area contributed by atoms with Gasteiger partial charge in [0.15, 0.2) is 0 Å². The van der Waals surface area contributed by atoms with Crippen molar-refractivity contribution >= 4 is 0 Å². The molecule has 2 unspecified atom stereocenters. The molecule has 0 amide bonds. The summed E-state index contributed by atoms with van der Waals surface area (Å²) in [6, 6.07) is 8.01. The Hall–Kier alpha value is -0.930. The highest BCUT2D eigenvalue weighted by Gasteiger charge is 2.31. The van der Waals surface area contributed by atoms with Crippen LogP contribution in [0.25, 0.3) is 0 Å². The molecule has 112 valence electrons. The lowest BCUT2D eigenvalue weighted by molar-refractivity contribution is 0.210. The van der Waals surface area contributed by atoms with Gasteiger partial charge in [0.1, 0.15) is 5.82 Å². The summed E-state index contributed by atoms with van der Waals surface area (Å²) in [5.74, 6) is 0.298. The Labute approximate surface area is 122 Å². The van der Waals surface area contributed by atoms with Crippen LogP contribution in [0.1, 0.15) is 45.2 Å². The molecule has 0 aliphatic heterocycles. The molecule has 1 fully saturated rings. The van der Waals surface area contributed by atoms with Gasteiger partial charge in [-0.2, -0.15) is 0 Å². The third-order valence-electron chi connectivity index (χ3n) is 4.23. The Morgan fingerprint density at radius 3 is 2.55 bits per heavy atom. The molecule has 3 heteroatoms. The van der Waals surface area contributed by atoms with Crippen LogP contribution in [0, 0.1) is 11.7 Å². The molecule has 2 nitrogen and oxygen atoms in total. The van der Waals surface area contributed by atoms with Gasteiger partial charge in [-0.15, -0.1) is 0 Å². The number of hydrogen-bond donors (Lipinski definition) is 1. The molecule has 0 radical (unpaired) electrons. The molecule has 0 heterocycles. The molecule has 0 aromatic heterocycles. The first-order valence-corrected chi connectivity index (χ1v) is 7.89. The highest BCUT2D eigenvalue weighted by molar-refractivity contribution is 5.22.